The first-order chi connectivity index (χ1) is 10.6. The summed E-state index contributed by atoms with van der Waals surface area (Å²) in [5.74, 6) is 1.02. The van der Waals surface area contributed by atoms with E-state index >= 15 is 0 Å². The molecule has 1 aliphatic rings. The van der Waals surface area contributed by atoms with Gasteiger partial charge in [-0.1, -0.05) is 29.0 Å². The van der Waals surface area contributed by atoms with E-state index in [1.165, 1.54) is 11.3 Å². The third kappa shape index (κ3) is 2.36. The molecule has 1 amide bonds. The third-order valence-corrected chi connectivity index (χ3v) is 4.73. The van der Waals surface area contributed by atoms with Gasteiger partial charge in [-0.25, -0.2) is 0 Å². The molecule has 3 aromatic rings. The zero-order valence-electron chi connectivity index (χ0n) is 11.7. The smallest absolute Gasteiger partial charge is 0.286 e. The van der Waals surface area contributed by atoms with E-state index in [0.717, 1.165) is 24.2 Å². The highest BCUT2D eigenvalue weighted by Gasteiger charge is 2.30. The number of halogens is 1. The number of aromatic nitrogens is 4. The highest BCUT2D eigenvalue weighted by atomic mass is 35.5. The molecular formula is C14H12ClN5OS. The number of amides is 1. The summed E-state index contributed by atoms with van der Waals surface area (Å²) in [7, 11) is 0. The molecule has 1 N–H and O–H groups in total. The van der Waals surface area contributed by atoms with Crippen molar-refractivity contribution in [1.82, 2.24) is 19.8 Å². The largest absolute Gasteiger partial charge is 0.320 e. The zero-order valence-corrected chi connectivity index (χ0v) is 13.3. The van der Waals surface area contributed by atoms with Crippen LogP contribution in [0, 0.1) is 6.92 Å². The standard InChI is InChI=1S/C14H12ClN5OS/c1-7-2-5-9(15)6-10(7)16-12(21)13-19-20-11(8-3-4-8)17-18-14(20)22-13/h2,5-6,8H,3-4H2,1H3,(H,16,21). The number of carbonyl (C=O) groups excluding carboxylic acids is 1. The van der Waals surface area contributed by atoms with Crippen LogP contribution in [0.2, 0.25) is 5.02 Å². The fourth-order valence-corrected chi connectivity index (χ4v) is 3.14. The van der Waals surface area contributed by atoms with Crippen LogP contribution >= 0.6 is 22.9 Å². The molecular weight excluding hydrogens is 322 g/mol. The van der Waals surface area contributed by atoms with Crippen molar-refractivity contribution in [3.05, 3.63) is 39.6 Å². The van der Waals surface area contributed by atoms with Gasteiger partial charge in [0.05, 0.1) is 0 Å². The number of rotatable bonds is 3. The van der Waals surface area contributed by atoms with Gasteiger partial charge in [0.1, 0.15) is 0 Å². The number of hydrogen-bond donors (Lipinski definition) is 1. The first-order valence-electron chi connectivity index (χ1n) is 6.91. The van der Waals surface area contributed by atoms with Crippen molar-refractivity contribution in [2.24, 2.45) is 0 Å². The molecule has 1 fully saturated rings. The lowest BCUT2D eigenvalue weighted by Gasteiger charge is -2.06. The van der Waals surface area contributed by atoms with Crippen LogP contribution < -0.4 is 5.32 Å². The van der Waals surface area contributed by atoms with E-state index in [-0.39, 0.29) is 5.91 Å². The van der Waals surface area contributed by atoms with E-state index in [1.807, 2.05) is 13.0 Å². The number of nitrogens with zero attached hydrogens (tertiary/aromatic N) is 4. The summed E-state index contributed by atoms with van der Waals surface area (Å²) in [6, 6.07) is 5.38. The minimum atomic E-state index is -0.261. The number of carbonyl (C=O) groups is 1. The maximum Gasteiger partial charge on any atom is 0.286 e. The van der Waals surface area contributed by atoms with Crippen molar-refractivity contribution in [3.8, 4) is 0 Å². The predicted octanol–water partition coefficient (Wildman–Crippen LogP) is 3.28. The summed E-state index contributed by atoms with van der Waals surface area (Å²) in [6.07, 6.45) is 2.23. The van der Waals surface area contributed by atoms with Crippen LogP contribution in [0.15, 0.2) is 18.2 Å². The molecule has 2 aromatic heterocycles. The molecule has 0 aliphatic heterocycles. The molecule has 0 atom stereocenters. The molecule has 1 aliphatic carbocycles. The van der Waals surface area contributed by atoms with E-state index in [2.05, 4.69) is 20.6 Å². The monoisotopic (exact) mass is 333 g/mol. The van der Waals surface area contributed by atoms with Crippen molar-refractivity contribution in [2.75, 3.05) is 5.32 Å². The molecule has 4 rings (SSSR count). The molecule has 112 valence electrons. The highest BCUT2D eigenvalue weighted by Crippen LogP contribution is 2.39. The quantitative estimate of drug-likeness (QED) is 0.798. The number of aryl methyl sites for hydroxylation is 1. The number of nitrogens with one attached hydrogen (secondary N) is 1. The first-order valence-corrected chi connectivity index (χ1v) is 8.11. The molecule has 0 spiro atoms. The molecule has 0 saturated heterocycles. The van der Waals surface area contributed by atoms with Crippen LogP contribution in [0.5, 0.6) is 0 Å². The Balaban J connectivity index is 1.63. The summed E-state index contributed by atoms with van der Waals surface area (Å²) in [6.45, 7) is 1.91. The molecule has 8 heteroatoms. The zero-order chi connectivity index (χ0) is 15.3. The summed E-state index contributed by atoms with van der Waals surface area (Å²) in [4.78, 5) is 13.0. The van der Waals surface area contributed by atoms with Gasteiger partial charge >= 0.3 is 0 Å². The van der Waals surface area contributed by atoms with E-state index in [9.17, 15) is 4.79 Å². The second-order valence-corrected chi connectivity index (χ2v) is 6.74. The van der Waals surface area contributed by atoms with Crippen molar-refractivity contribution >= 4 is 39.5 Å². The number of anilines is 1. The van der Waals surface area contributed by atoms with Crippen molar-refractivity contribution in [3.63, 3.8) is 0 Å². The van der Waals surface area contributed by atoms with Crippen LogP contribution in [0.3, 0.4) is 0 Å². The lowest BCUT2D eigenvalue weighted by molar-refractivity contribution is 0.102. The van der Waals surface area contributed by atoms with Gasteiger partial charge in [-0.2, -0.15) is 4.52 Å². The highest BCUT2D eigenvalue weighted by molar-refractivity contribution is 7.18. The Hall–Kier alpha value is -1.99. The topological polar surface area (TPSA) is 72.2 Å². The molecule has 2 heterocycles. The van der Waals surface area contributed by atoms with Crippen molar-refractivity contribution in [2.45, 2.75) is 25.7 Å². The second kappa shape index (κ2) is 5.03. The van der Waals surface area contributed by atoms with Gasteiger partial charge in [0.2, 0.25) is 9.97 Å². The SMILES string of the molecule is Cc1ccc(Cl)cc1NC(=O)c1nn2c(C3CC3)nnc2s1. The Labute approximate surface area is 135 Å². The Morgan fingerprint density at radius 2 is 2.23 bits per heavy atom. The van der Waals surface area contributed by atoms with Crippen molar-refractivity contribution < 1.29 is 4.79 Å². The van der Waals surface area contributed by atoms with Gasteiger partial charge in [0, 0.05) is 16.6 Å². The van der Waals surface area contributed by atoms with Crippen LogP contribution in [0.1, 0.15) is 39.9 Å². The van der Waals surface area contributed by atoms with Gasteiger partial charge in [-0.05, 0) is 37.5 Å². The van der Waals surface area contributed by atoms with E-state index < -0.39 is 0 Å². The third-order valence-electron chi connectivity index (χ3n) is 3.60. The van der Waals surface area contributed by atoms with Gasteiger partial charge in [-0.15, -0.1) is 15.3 Å². The maximum absolute atomic E-state index is 12.4. The van der Waals surface area contributed by atoms with E-state index in [4.69, 9.17) is 11.6 Å². The van der Waals surface area contributed by atoms with Gasteiger partial charge in [0.25, 0.3) is 5.91 Å². The maximum atomic E-state index is 12.4. The Morgan fingerprint density at radius 3 is 3.00 bits per heavy atom. The summed E-state index contributed by atoms with van der Waals surface area (Å²) >= 11 is 7.20. The van der Waals surface area contributed by atoms with Crippen LogP contribution in [-0.2, 0) is 0 Å². The molecule has 1 aromatic carbocycles. The Morgan fingerprint density at radius 1 is 1.41 bits per heavy atom. The number of benzene rings is 1. The predicted molar refractivity (Wildman–Crippen MR) is 84.8 cm³/mol. The molecule has 1 saturated carbocycles. The van der Waals surface area contributed by atoms with Crippen LogP contribution in [-0.4, -0.2) is 25.7 Å². The number of fused-ring (bicyclic) bond motifs is 1. The molecule has 0 bridgehead atoms. The second-order valence-electron chi connectivity index (χ2n) is 5.35. The molecule has 0 radical (unpaired) electrons. The van der Waals surface area contributed by atoms with E-state index in [1.54, 1.807) is 16.6 Å². The minimum Gasteiger partial charge on any atom is -0.320 e. The fourth-order valence-electron chi connectivity index (χ4n) is 2.22. The van der Waals surface area contributed by atoms with Crippen LogP contribution in [0.4, 0.5) is 5.69 Å². The fraction of sp³-hybridized carbons (Fsp3) is 0.286. The Bertz CT molecular complexity index is 883. The molecule has 6 nitrogen and oxygen atoms in total. The normalized spacial score (nSPS) is 14.5. The lowest BCUT2D eigenvalue weighted by Crippen LogP contribution is -2.13. The summed E-state index contributed by atoms with van der Waals surface area (Å²) in [5, 5.41) is 16.4. The minimum absolute atomic E-state index is 0.261. The molecule has 22 heavy (non-hydrogen) atoms. The average molecular weight is 334 g/mol. The lowest BCUT2D eigenvalue weighted by atomic mass is 10.2. The van der Waals surface area contributed by atoms with Gasteiger partial charge in [-0.3, -0.25) is 4.79 Å². The summed E-state index contributed by atoms with van der Waals surface area (Å²) < 4.78 is 1.68. The van der Waals surface area contributed by atoms with Gasteiger partial charge < -0.3 is 5.32 Å². The average Bonchev–Trinajstić information content (AvgIpc) is 3.10. The number of hydrogen-bond acceptors (Lipinski definition) is 5. The van der Waals surface area contributed by atoms with Crippen LogP contribution in [0.25, 0.3) is 4.96 Å². The molecule has 0 unspecified atom stereocenters. The van der Waals surface area contributed by atoms with E-state index in [0.29, 0.717) is 26.6 Å². The first kappa shape index (κ1) is 13.7. The Kier molecular flexibility index (Phi) is 3.12. The summed E-state index contributed by atoms with van der Waals surface area (Å²) in [5.41, 5.74) is 1.63. The van der Waals surface area contributed by atoms with Crippen molar-refractivity contribution in [1.29, 1.82) is 0 Å². The van der Waals surface area contributed by atoms with Gasteiger partial charge in [0.15, 0.2) is 5.82 Å².